The van der Waals surface area contributed by atoms with Crippen LogP contribution >= 0.6 is 23.2 Å². The minimum absolute atomic E-state index is 0.0887. The first-order chi connectivity index (χ1) is 10.4. The van der Waals surface area contributed by atoms with E-state index in [0.717, 1.165) is 0 Å². The van der Waals surface area contributed by atoms with E-state index in [9.17, 15) is 9.59 Å². The van der Waals surface area contributed by atoms with Crippen LogP contribution in [0, 0.1) is 0 Å². The van der Waals surface area contributed by atoms with Gasteiger partial charge in [-0.1, -0.05) is 23.2 Å². The maximum atomic E-state index is 12.3. The summed E-state index contributed by atoms with van der Waals surface area (Å²) in [6, 6.07) is 8.81. The number of methoxy groups -OCH3 is 1. The molecular formula is C15H11Cl2NO4. The van der Waals surface area contributed by atoms with E-state index < -0.39 is 11.9 Å². The van der Waals surface area contributed by atoms with Gasteiger partial charge in [-0.2, -0.15) is 0 Å². The summed E-state index contributed by atoms with van der Waals surface area (Å²) >= 11 is 11.7. The molecule has 7 heteroatoms. The van der Waals surface area contributed by atoms with Crippen LogP contribution in [0.4, 0.5) is 5.69 Å². The molecule has 0 unspecified atom stereocenters. The number of rotatable bonds is 4. The summed E-state index contributed by atoms with van der Waals surface area (Å²) in [6.07, 6.45) is 0. The highest BCUT2D eigenvalue weighted by molar-refractivity contribution is 6.33. The van der Waals surface area contributed by atoms with E-state index in [4.69, 9.17) is 33.0 Å². The molecule has 114 valence electrons. The Balaban J connectivity index is 2.31. The minimum atomic E-state index is -1.18. The van der Waals surface area contributed by atoms with Crippen LogP contribution in [0.5, 0.6) is 5.75 Å². The zero-order valence-electron chi connectivity index (χ0n) is 11.4. The number of aromatic carboxylic acids is 1. The number of hydrogen-bond acceptors (Lipinski definition) is 3. The molecule has 0 radical (unpaired) electrons. The Morgan fingerprint density at radius 3 is 2.45 bits per heavy atom. The number of ether oxygens (including phenoxy) is 1. The summed E-state index contributed by atoms with van der Waals surface area (Å²) in [5.74, 6) is -1.30. The molecule has 0 aliphatic rings. The van der Waals surface area contributed by atoms with Gasteiger partial charge < -0.3 is 15.2 Å². The Labute approximate surface area is 136 Å². The highest BCUT2D eigenvalue weighted by Crippen LogP contribution is 2.25. The lowest BCUT2D eigenvalue weighted by atomic mass is 10.1. The van der Waals surface area contributed by atoms with Gasteiger partial charge in [0.05, 0.1) is 23.3 Å². The summed E-state index contributed by atoms with van der Waals surface area (Å²) in [7, 11) is 1.44. The van der Waals surface area contributed by atoms with Crippen LogP contribution in [0.1, 0.15) is 20.7 Å². The maximum absolute atomic E-state index is 12.3. The van der Waals surface area contributed by atoms with Gasteiger partial charge in [0, 0.05) is 10.7 Å². The molecule has 0 spiro atoms. The third-order valence-electron chi connectivity index (χ3n) is 2.86. The van der Waals surface area contributed by atoms with Gasteiger partial charge in [0.2, 0.25) is 0 Å². The average molecular weight is 340 g/mol. The predicted octanol–water partition coefficient (Wildman–Crippen LogP) is 3.95. The van der Waals surface area contributed by atoms with Crippen molar-refractivity contribution >= 4 is 40.8 Å². The molecule has 0 bridgehead atoms. The van der Waals surface area contributed by atoms with Crippen LogP contribution in [-0.4, -0.2) is 24.1 Å². The fourth-order valence-electron chi connectivity index (χ4n) is 1.82. The number of hydrogen-bond donors (Lipinski definition) is 2. The zero-order chi connectivity index (χ0) is 16.3. The Hall–Kier alpha value is -2.24. The number of carbonyl (C=O) groups excluding carboxylic acids is 1. The summed E-state index contributed by atoms with van der Waals surface area (Å²) in [6.45, 7) is 0. The Bertz CT molecular complexity index is 746. The van der Waals surface area contributed by atoms with Crippen molar-refractivity contribution in [1.82, 2.24) is 0 Å². The predicted molar refractivity (Wildman–Crippen MR) is 84.4 cm³/mol. The molecule has 1 amide bonds. The van der Waals surface area contributed by atoms with Crippen molar-refractivity contribution < 1.29 is 19.4 Å². The molecule has 0 saturated heterocycles. The smallest absolute Gasteiger partial charge is 0.337 e. The fraction of sp³-hybridized carbons (Fsp3) is 0.0667. The Kier molecular flexibility index (Phi) is 4.90. The summed E-state index contributed by atoms with van der Waals surface area (Å²) in [5.41, 5.74) is 0.438. The summed E-state index contributed by atoms with van der Waals surface area (Å²) in [4.78, 5) is 23.3. The maximum Gasteiger partial charge on any atom is 0.337 e. The largest absolute Gasteiger partial charge is 0.496 e. The molecule has 2 aromatic carbocycles. The topological polar surface area (TPSA) is 75.6 Å². The van der Waals surface area contributed by atoms with Crippen molar-refractivity contribution in [2.24, 2.45) is 0 Å². The van der Waals surface area contributed by atoms with Crippen LogP contribution in [0.3, 0.4) is 0 Å². The molecule has 22 heavy (non-hydrogen) atoms. The lowest BCUT2D eigenvalue weighted by Crippen LogP contribution is -2.13. The van der Waals surface area contributed by atoms with E-state index in [-0.39, 0.29) is 16.1 Å². The molecule has 5 nitrogen and oxygen atoms in total. The summed E-state index contributed by atoms with van der Waals surface area (Å²) < 4.78 is 5.11. The molecule has 0 aromatic heterocycles. The van der Waals surface area contributed by atoms with Gasteiger partial charge in [0.25, 0.3) is 5.91 Å². The van der Waals surface area contributed by atoms with E-state index in [1.54, 1.807) is 12.1 Å². The van der Waals surface area contributed by atoms with E-state index in [1.807, 2.05) is 0 Å². The molecule has 0 fully saturated rings. The Morgan fingerprint density at radius 1 is 1.09 bits per heavy atom. The number of carbonyl (C=O) groups is 2. The number of amides is 1. The number of carboxylic acids is 1. The van der Waals surface area contributed by atoms with Gasteiger partial charge in [0.1, 0.15) is 5.75 Å². The molecule has 2 rings (SSSR count). The number of carboxylic acid groups (broad SMARTS) is 1. The molecule has 0 saturated carbocycles. The normalized spacial score (nSPS) is 10.1. The highest BCUT2D eigenvalue weighted by Gasteiger charge is 2.15. The van der Waals surface area contributed by atoms with Crippen LogP contribution in [0.25, 0.3) is 0 Å². The van der Waals surface area contributed by atoms with Gasteiger partial charge in [-0.3, -0.25) is 4.79 Å². The van der Waals surface area contributed by atoms with Gasteiger partial charge in [0.15, 0.2) is 0 Å². The zero-order valence-corrected chi connectivity index (χ0v) is 12.9. The third kappa shape index (κ3) is 3.50. The minimum Gasteiger partial charge on any atom is -0.496 e. The van der Waals surface area contributed by atoms with Gasteiger partial charge in [-0.15, -0.1) is 0 Å². The van der Waals surface area contributed by atoms with Crippen LogP contribution < -0.4 is 10.1 Å². The van der Waals surface area contributed by atoms with Crippen molar-refractivity contribution in [2.45, 2.75) is 0 Å². The molecule has 0 heterocycles. The van der Waals surface area contributed by atoms with E-state index in [0.29, 0.717) is 16.5 Å². The lowest BCUT2D eigenvalue weighted by molar-refractivity contribution is 0.0696. The SMILES string of the molecule is COc1ccc(Cl)cc1C(=O)Nc1ccc(Cl)c(C(=O)O)c1. The fourth-order valence-corrected chi connectivity index (χ4v) is 2.19. The number of nitrogens with one attached hydrogen (secondary N) is 1. The van der Waals surface area contributed by atoms with E-state index in [2.05, 4.69) is 5.32 Å². The highest BCUT2D eigenvalue weighted by atomic mass is 35.5. The van der Waals surface area contributed by atoms with Crippen molar-refractivity contribution in [2.75, 3.05) is 12.4 Å². The monoisotopic (exact) mass is 339 g/mol. The van der Waals surface area contributed by atoms with Crippen molar-refractivity contribution in [1.29, 1.82) is 0 Å². The quantitative estimate of drug-likeness (QED) is 0.884. The van der Waals surface area contributed by atoms with Crippen molar-refractivity contribution in [3.8, 4) is 5.75 Å². The lowest BCUT2D eigenvalue weighted by Gasteiger charge is -2.10. The molecule has 2 aromatic rings. The molecule has 0 aliphatic carbocycles. The first-order valence-corrected chi connectivity index (χ1v) is 6.85. The standard InChI is InChI=1S/C15H11Cl2NO4/c1-22-13-5-2-8(16)6-11(13)14(19)18-9-3-4-12(17)10(7-9)15(20)21/h2-7H,1H3,(H,18,19)(H,20,21). The van der Waals surface area contributed by atoms with Gasteiger partial charge >= 0.3 is 5.97 Å². The number of halogens is 2. The third-order valence-corrected chi connectivity index (χ3v) is 3.43. The number of anilines is 1. The number of benzene rings is 2. The van der Waals surface area contributed by atoms with Crippen LogP contribution in [0.2, 0.25) is 10.0 Å². The van der Waals surface area contributed by atoms with Crippen molar-refractivity contribution in [3.63, 3.8) is 0 Å². The average Bonchev–Trinajstić information content (AvgIpc) is 2.48. The first kappa shape index (κ1) is 16.1. The van der Waals surface area contributed by atoms with Crippen LogP contribution in [0.15, 0.2) is 36.4 Å². The Morgan fingerprint density at radius 2 is 1.82 bits per heavy atom. The molecule has 2 N–H and O–H groups in total. The molecule has 0 atom stereocenters. The second-order valence-electron chi connectivity index (χ2n) is 4.30. The second kappa shape index (κ2) is 6.68. The van der Waals surface area contributed by atoms with Crippen molar-refractivity contribution in [3.05, 3.63) is 57.6 Å². The first-order valence-electron chi connectivity index (χ1n) is 6.10. The van der Waals surface area contributed by atoms with E-state index >= 15 is 0 Å². The van der Waals surface area contributed by atoms with Crippen LogP contribution in [-0.2, 0) is 0 Å². The summed E-state index contributed by atoms with van der Waals surface area (Å²) in [5, 5.41) is 12.1. The molecular weight excluding hydrogens is 329 g/mol. The molecule has 0 aliphatic heterocycles. The van der Waals surface area contributed by atoms with E-state index in [1.165, 1.54) is 31.4 Å². The van der Waals surface area contributed by atoms with Gasteiger partial charge in [-0.25, -0.2) is 4.79 Å². The van der Waals surface area contributed by atoms with Gasteiger partial charge in [-0.05, 0) is 36.4 Å². The second-order valence-corrected chi connectivity index (χ2v) is 5.14.